The normalized spacial score (nSPS) is 35.2. The molecule has 2 fully saturated rings. The van der Waals surface area contributed by atoms with E-state index in [0.717, 1.165) is 45.6 Å². The summed E-state index contributed by atoms with van der Waals surface area (Å²) in [7, 11) is 0. The van der Waals surface area contributed by atoms with Crippen LogP contribution in [0.5, 0.6) is 0 Å². The van der Waals surface area contributed by atoms with E-state index in [9.17, 15) is 4.79 Å². The zero-order valence-corrected chi connectivity index (χ0v) is 11.3. The van der Waals surface area contributed by atoms with Crippen LogP contribution in [0.2, 0.25) is 0 Å². The minimum atomic E-state index is -0.298. The standard InChI is InChI=1S/C13H25N3O/c1-4-15-8-9-16(10-11(15)2)12(17)13(3)6-5-7-14-13/h11,14H,4-10H2,1-3H3. The molecule has 2 aliphatic rings. The Balaban J connectivity index is 1.97. The Morgan fingerprint density at radius 2 is 2.24 bits per heavy atom. The lowest BCUT2D eigenvalue weighted by molar-refractivity contribution is -0.140. The lowest BCUT2D eigenvalue weighted by atomic mass is 9.97. The minimum Gasteiger partial charge on any atom is -0.338 e. The predicted octanol–water partition coefficient (Wildman–Crippen LogP) is 0.681. The topological polar surface area (TPSA) is 35.6 Å². The lowest BCUT2D eigenvalue weighted by Crippen LogP contribution is -2.60. The smallest absolute Gasteiger partial charge is 0.242 e. The first-order valence-electron chi connectivity index (χ1n) is 6.85. The van der Waals surface area contributed by atoms with Crippen molar-refractivity contribution in [3.8, 4) is 0 Å². The molecule has 0 spiro atoms. The first kappa shape index (κ1) is 12.8. The molecule has 0 aromatic heterocycles. The van der Waals surface area contributed by atoms with E-state index in [1.807, 2.05) is 0 Å². The third kappa shape index (κ3) is 2.47. The second kappa shape index (κ2) is 4.94. The molecule has 98 valence electrons. The van der Waals surface area contributed by atoms with E-state index in [1.165, 1.54) is 0 Å². The number of hydrogen-bond donors (Lipinski definition) is 1. The van der Waals surface area contributed by atoms with Crippen LogP contribution in [0.25, 0.3) is 0 Å². The van der Waals surface area contributed by atoms with E-state index in [1.54, 1.807) is 0 Å². The number of carbonyl (C=O) groups is 1. The summed E-state index contributed by atoms with van der Waals surface area (Å²) in [6.07, 6.45) is 2.10. The molecule has 17 heavy (non-hydrogen) atoms. The van der Waals surface area contributed by atoms with E-state index in [2.05, 4.69) is 35.9 Å². The lowest BCUT2D eigenvalue weighted by Gasteiger charge is -2.42. The number of carbonyl (C=O) groups excluding carboxylic acids is 1. The molecule has 1 amide bonds. The molecule has 4 nitrogen and oxygen atoms in total. The molecule has 2 unspecified atom stereocenters. The van der Waals surface area contributed by atoms with Gasteiger partial charge in [0.05, 0.1) is 5.54 Å². The SMILES string of the molecule is CCN1CCN(C(=O)C2(C)CCCN2)CC1C. The zero-order valence-electron chi connectivity index (χ0n) is 11.3. The Morgan fingerprint density at radius 3 is 2.76 bits per heavy atom. The first-order valence-corrected chi connectivity index (χ1v) is 6.85. The van der Waals surface area contributed by atoms with Gasteiger partial charge in [-0.1, -0.05) is 6.92 Å². The van der Waals surface area contributed by atoms with Crippen LogP contribution in [0, 0.1) is 0 Å². The van der Waals surface area contributed by atoms with Gasteiger partial charge in [0, 0.05) is 25.7 Å². The first-order chi connectivity index (χ1) is 8.07. The van der Waals surface area contributed by atoms with Crippen LogP contribution in [0.4, 0.5) is 0 Å². The van der Waals surface area contributed by atoms with E-state index < -0.39 is 0 Å². The highest BCUT2D eigenvalue weighted by molar-refractivity contribution is 5.86. The van der Waals surface area contributed by atoms with E-state index in [-0.39, 0.29) is 5.54 Å². The Kier molecular flexibility index (Phi) is 3.73. The number of nitrogens with one attached hydrogen (secondary N) is 1. The summed E-state index contributed by atoms with van der Waals surface area (Å²) < 4.78 is 0. The van der Waals surface area contributed by atoms with E-state index in [0.29, 0.717) is 11.9 Å². The van der Waals surface area contributed by atoms with Crippen LogP contribution in [0.15, 0.2) is 0 Å². The molecule has 0 aromatic carbocycles. The van der Waals surface area contributed by atoms with Crippen LogP contribution >= 0.6 is 0 Å². The van der Waals surface area contributed by atoms with Crippen molar-refractivity contribution in [1.29, 1.82) is 0 Å². The van der Waals surface area contributed by atoms with Gasteiger partial charge in [-0.25, -0.2) is 0 Å². The second-order valence-electron chi connectivity index (χ2n) is 5.59. The highest BCUT2D eigenvalue weighted by Crippen LogP contribution is 2.22. The van der Waals surface area contributed by atoms with Gasteiger partial charge in [-0.3, -0.25) is 9.69 Å². The molecular formula is C13H25N3O. The quantitative estimate of drug-likeness (QED) is 0.770. The van der Waals surface area contributed by atoms with Crippen LogP contribution in [-0.2, 0) is 4.79 Å². The van der Waals surface area contributed by atoms with Crippen molar-refractivity contribution in [2.45, 2.75) is 45.2 Å². The van der Waals surface area contributed by atoms with Crippen molar-refractivity contribution < 1.29 is 4.79 Å². The maximum absolute atomic E-state index is 12.5. The molecule has 0 aliphatic carbocycles. The molecule has 0 aromatic rings. The molecule has 4 heteroatoms. The van der Waals surface area contributed by atoms with Gasteiger partial charge in [-0.2, -0.15) is 0 Å². The van der Waals surface area contributed by atoms with E-state index >= 15 is 0 Å². The molecule has 2 rings (SSSR count). The molecule has 0 bridgehead atoms. The number of rotatable bonds is 2. The minimum absolute atomic E-state index is 0.298. The number of hydrogen-bond acceptors (Lipinski definition) is 3. The van der Waals surface area contributed by atoms with Crippen LogP contribution < -0.4 is 5.32 Å². The fourth-order valence-electron chi connectivity index (χ4n) is 3.08. The summed E-state index contributed by atoms with van der Waals surface area (Å²) in [6.45, 7) is 11.3. The summed E-state index contributed by atoms with van der Waals surface area (Å²) >= 11 is 0. The molecule has 1 N–H and O–H groups in total. The molecule has 2 saturated heterocycles. The van der Waals surface area contributed by atoms with Gasteiger partial charge in [-0.05, 0) is 39.8 Å². The number of piperazine rings is 1. The summed E-state index contributed by atoms with van der Waals surface area (Å²) in [5.41, 5.74) is -0.298. The summed E-state index contributed by atoms with van der Waals surface area (Å²) in [5, 5.41) is 3.37. The maximum Gasteiger partial charge on any atom is 0.242 e. The highest BCUT2D eigenvalue weighted by atomic mass is 16.2. The summed E-state index contributed by atoms with van der Waals surface area (Å²) in [6, 6.07) is 0.489. The van der Waals surface area contributed by atoms with Gasteiger partial charge in [0.25, 0.3) is 0 Å². The van der Waals surface area contributed by atoms with Crippen molar-refractivity contribution in [2.75, 3.05) is 32.7 Å². The molecule has 2 atom stereocenters. The Labute approximate surface area is 104 Å². The van der Waals surface area contributed by atoms with Crippen LogP contribution in [0.1, 0.15) is 33.6 Å². The number of likely N-dealkylation sites (N-methyl/N-ethyl adjacent to an activating group) is 1. The molecule has 2 aliphatic heterocycles. The van der Waals surface area contributed by atoms with Crippen molar-refractivity contribution in [2.24, 2.45) is 0 Å². The molecule has 0 radical (unpaired) electrons. The largest absolute Gasteiger partial charge is 0.338 e. The van der Waals surface area contributed by atoms with Gasteiger partial charge in [0.15, 0.2) is 0 Å². The van der Waals surface area contributed by atoms with Gasteiger partial charge in [0.2, 0.25) is 5.91 Å². The predicted molar refractivity (Wildman–Crippen MR) is 68.9 cm³/mol. The van der Waals surface area contributed by atoms with E-state index in [4.69, 9.17) is 0 Å². The second-order valence-corrected chi connectivity index (χ2v) is 5.59. The van der Waals surface area contributed by atoms with Gasteiger partial charge in [-0.15, -0.1) is 0 Å². The van der Waals surface area contributed by atoms with Crippen LogP contribution in [0.3, 0.4) is 0 Å². The summed E-state index contributed by atoms with van der Waals surface area (Å²) in [5.74, 6) is 0.303. The van der Waals surface area contributed by atoms with Crippen molar-refractivity contribution >= 4 is 5.91 Å². The molecular weight excluding hydrogens is 214 g/mol. The maximum atomic E-state index is 12.5. The van der Waals surface area contributed by atoms with Crippen molar-refractivity contribution in [3.05, 3.63) is 0 Å². The summed E-state index contributed by atoms with van der Waals surface area (Å²) in [4.78, 5) is 17.0. The Bertz CT molecular complexity index is 286. The fourth-order valence-corrected chi connectivity index (χ4v) is 3.08. The third-order valence-corrected chi connectivity index (χ3v) is 4.30. The fraction of sp³-hybridized carbons (Fsp3) is 0.923. The van der Waals surface area contributed by atoms with Crippen molar-refractivity contribution in [3.63, 3.8) is 0 Å². The van der Waals surface area contributed by atoms with Gasteiger partial charge in [0.1, 0.15) is 0 Å². The zero-order chi connectivity index (χ0) is 12.5. The average molecular weight is 239 g/mol. The Morgan fingerprint density at radius 1 is 1.47 bits per heavy atom. The monoisotopic (exact) mass is 239 g/mol. The number of nitrogens with zero attached hydrogens (tertiary/aromatic N) is 2. The molecule has 2 heterocycles. The third-order valence-electron chi connectivity index (χ3n) is 4.30. The average Bonchev–Trinajstić information content (AvgIpc) is 2.76. The van der Waals surface area contributed by atoms with Crippen LogP contribution in [-0.4, -0.2) is 60.0 Å². The number of amides is 1. The highest BCUT2D eigenvalue weighted by Gasteiger charge is 2.40. The van der Waals surface area contributed by atoms with Gasteiger partial charge >= 0.3 is 0 Å². The Hall–Kier alpha value is -0.610. The molecule has 0 saturated carbocycles. The van der Waals surface area contributed by atoms with Gasteiger partial charge < -0.3 is 10.2 Å². The van der Waals surface area contributed by atoms with Crippen molar-refractivity contribution in [1.82, 2.24) is 15.1 Å².